The zero-order chi connectivity index (χ0) is 27.6. The van der Waals surface area contributed by atoms with E-state index in [9.17, 15) is 13.6 Å². The number of halogens is 2. The molecule has 8 nitrogen and oxygen atoms in total. The Morgan fingerprint density at radius 1 is 1.12 bits per heavy atom. The number of piperidine rings is 1. The van der Waals surface area contributed by atoms with Crippen LogP contribution in [0.2, 0.25) is 0 Å². The van der Waals surface area contributed by atoms with Crippen LogP contribution in [0.15, 0.2) is 60.9 Å². The van der Waals surface area contributed by atoms with Gasteiger partial charge in [-0.05, 0) is 53.9 Å². The molecule has 0 unspecified atom stereocenters. The van der Waals surface area contributed by atoms with Crippen LogP contribution < -0.4 is 15.5 Å². The van der Waals surface area contributed by atoms with E-state index in [4.69, 9.17) is 9.47 Å². The third-order valence-corrected chi connectivity index (χ3v) is 7.38. The smallest absolute Gasteiger partial charge is 0.251 e. The van der Waals surface area contributed by atoms with Gasteiger partial charge < -0.3 is 25.0 Å². The molecule has 2 aliphatic heterocycles. The van der Waals surface area contributed by atoms with Crippen LogP contribution in [-0.4, -0.2) is 68.0 Å². The first-order valence-electron chi connectivity index (χ1n) is 13.2. The molecule has 2 fully saturated rings. The van der Waals surface area contributed by atoms with Gasteiger partial charge in [-0.3, -0.25) is 9.78 Å². The molecule has 0 bridgehead atoms. The third kappa shape index (κ3) is 5.25. The SMILES string of the molecule is COCC(=O)Nc1ncccc1-c1ccc2ncc(-c3cc(F)cc(F)c3)c(N3CC[C@H]4NCCO[C@@H]4C3)c2c1. The maximum atomic E-state index is 14.4. The van der Waals surface area contributed by atoms with Gasteiger partial charge in [0.25, 0.3) is 5.91 Å². The van der Waals surface area contributed by atoms with E-state index >= 15 is 0 Å². The Morgan fingerprint density at radius 3 is 2.80 bits per heavy atom. The molecular formula is C30H29F2N5O3. The van der Waals surface area contributed by atoms with E-state index in [-0.39, 0.29) is 24.7 Å². The minimum absolute atomic E-state index is 0.00748. The number of aromatic nitrogens is 2. The third-order valence-electron chi connectivity index (χ3n) is 7.38. The van der Waals surface area contributed by atoms with Gasteiger partial charge in [0.05, 0.1) is 23.9 Å². The largest absolute Gasteiger partial charge is 0.375 e. The predicted molar refractivity (Wildman–Crippen MR) is 149 cm³/mol. The Hall–Kier alpha value is -3.99. The number of ether oxygens (including phenoxy) is 2. The topological polar surface area (TPSA) is 88.6 Å². The number of fused-ring (bicyclic) bond motifs is 2. The number of rotatable bonds is 6. The molecule has 0 saturated carbocycles. The summed E-state index contributed by atoms with van der Waals surface area (Å²) in [5.74, 6) is -1.21. The molecule has 40 heavy (non-hydrogen) atoms. The molecule has 1 amide bonds. The maximum Gasteiger partial charge on any atom is 0.251 e. The van der Waals surface area contributed by atoms with Gasteiger partial charge in [0, 0.05) is 67.8 Å². The Bertz CT molecular complexity index is 1550. The van der Waals surface area contributed by atoms with E-state index in [0.717, 1.165) is 53.3 Å². The van der Waals surface area contributed by atoms with E-state index in [2.05, 4.69) is 25.5 Å². The van der Waals surface area contributed by atoms with E-state index in [1.807, 2.05) is 24.3 Å². The zero-order valence-corrected chi connectivity index (χ0v) is 22.0. The molecular weight excluding hydrogens is 516 g/mol. The number of hydrogen-bond donors (Lipinski definition) is 2. The molecule has 0 aliphatic carbocycles. The number of methoxy groups -OCH3 is 1. The summed E-state index contributed by atoms with van der Waals surface area (Å²) in [7, 11) is 1.45. The number of carbonyl (C=O) groups is 1. The first-order valence-corrected chi connectivity index (χ1v) is 13.2. The van der Waals surface area contributed by atoms with Crippen LogP contribution in [0.25, 0.3) is 33.2 Å². The van der Waals surface area contributed by atoms with E-state index in [1.165, 1.54) is 19.2 Å². The summed E-state index contributed by atoms with van der Waals surface area (Å²) < 4.78 is 39.8. The van der Waals surface area contributed by atoms with Crippen molar-refractivity contribution >= 4 is 28.3 Å². The fourth-order valence-electron chi connectivity index (χ4n) is 5.62. The molecule has 2 aromatic heterocycles. The number of amides is 1. The van der Waals surface area contributed by atoms with Crippen molar-refractivity contribution in [1.29, 1.82) is 0 Å². The van der Waals surface area contributed by atoms with Gasteiger partial charge in [-0.25, -0.2) is 13.8 Å². The molecule has 2 saturated heterocycles. The Labute approximate surface area is 230 Å². The van der Waals surface area contributed by atoms with Gasteiger partial charge in [-0.15, -0.1) is 0 Å². The number of hydrogen-bond acceptors (Lipinski definition) is 7. The molecule has 2 N–H and O–H groups in total. The zero-order valence-electron chi connectivity index (χ0n) is 22.0. The normalized spacial score (nSPS) is 18.9. The maximum absolute atomic E-state index is 14.4. The summed E-state index contributed by atoms with van der Waals surface area (Å²) in [6.45, 7) is 2.72. The van der Waals surface area contributed by atoms with Gasteiger partial charge in [-0.2, -0.15) is 0 Å². The highest BCUT2D eigenvalue weighted by molar-refractivity contribution is 6.03. The lowest BCUT2D eigenvalue weighted by atomic mass is 9.94. The van der Waals surface area contributed by atoms with Crippen molar-refractivity contribution in [2.75, 3.05) is 50.2 Å². The molecule has 0 radical (unpaired) electrons. The molecule has 10 heteroatoms. The lowest BCUT2D eigenvalue weighted by molar-refractivity contribution is -0.119. The Kier molecular flexibility index (Phi) is 7.38. The minimum atomic E-state index is -0.653. The lowest BCUT2D eigenvalue weighted by Crippen LogP contribution is -2.57. The monoisotopic (exact) mass is 545 g/mol. The van der Waals surface area contributed by atoms with Crippen LogP contribution in [0, 0.1) is 11.6 Å². The van der Waals surface area contributed by atoms with Crippen molar-refractivity contribution < 1.29 is 23.0 Å². The van der Waals surface area contributed by atoms with Gasteiger partial charge in [-0.1, -0.05) is 6.07 Å². The van der Waals surface area contributed by atoms with E-state index in [0.29, 0.717) is 30.1 Å². The second-order valence-electron chi connectivity index (χ2n) is 10.00. The number of carbonyl (C=O) groups excluding carboxylic acids is 1. The van der Waals surface area contributed by atoms with E-state index < -0.39 is 11.6 Å². The van der Waals surface area contributed by atoms with Crippen LogP contribution in [-0.2, 0) is 14.3 Å². The number of anilines is 2. The fourth-order valence-corrected chi connectivity index (χ4v) is 5.62. The Balaban J connectivity index is 1.50. The van der Waals surface area contributed by atoms with E-state index in [1.54, 1.807) is 18.5 Å². The number of pyridine rings is 2. The summed E-state index contributed by atoms with van der Waals surface area (Å²) in [6.07, 6.45) is 4.15. The molecule has 2 aromatic carbocycles. The highest BCUT2D eigenvalue weighted by atomic mass is 19.1. The van der Waals surface area contributed by atoms with Gasteiger partial charge >= 0.3 is 0 Å². The van der Waals surface area contributed by atoms with Crippen LogP contribution >= 0.6 is 0 Å². The molecule has 206 valence electrons. The first-order chi connectivity index (χ1) is 19.5. The molecule has 4 heterocycles. The fraction of sp³-hybridized carbons (Fsp3) is 0.300. The summed E-state index contributed by atoms with van der Waals surface area (Å²) in [6, 6.07) is 13.3. The highest BCUT2D eigenvalue weighted by Gasteiger charge is 2.33. The Morgan fingerprint density at radius 2 is 1.98 bits per heavy atom. The lowest BCUT2D eigenvalue weighted by Gasteiger charge is -2.43. The standard InChI is InChI=1S/C30H29F2N5O3/c1-39-17-28(38)36-30-22(3-2-7-34-30)18-4-5-25-23(13-18)29(37-9-6-26-27(16-37)40-10-8-33-26)24(15-35-25)19-11-20(31)14-21(32)12-19/h2-5,7,11-15,26-27,33H,6,8-10,16-17H2,1H3,(H,34,36,38)/t26-,27-/m1/s1. The highest BCUT2D eigenvalue weighted by Crippen LogP contribution is 2.40. The summed E-state index contributed by atoms with van der Waals surface area (Å²) in [5.41, 5.74) is 4.14. The van der Waals surface area contributed by atoms with Crippen LogP contribution in [0.3, 0.4) is 0 Å². The van der Waals surface area contributed by atoms with Crippen LogP contribution in [0.5, 0.6) is 0 Å². The number of benzene rings is 2. The van der Waals surface area contributed by atoms with Crippen LogP contribution in [0.4, 0.5) is 20.3 Å². The number of nitrogens with zero attached hydrogens (tertiary/aromatic N) is 3. The van der Waals surface area contributed by atoms with Gasteiger partial charge in [0.2, 0.25) is 0 Å². The van der Waals surface area contributed by atoms with Crippen molar-refractivity contribution in [2.24, 2.45) is 0 Å². The minimum Gasteiger partial charge on any atom is -0.375 e. The summed E-state index contributed by atoms with van der Waals surface area (Å²) >= 11 is 0. The van der Waals surface area contributed by atoms with Crippen molar-refractivity contribution in [3.05, 3.63) is 72.6 Å². The molecule has 0 spiro atoms. The van der Waals surface area contributed by atoms with Gasteiger partial charge in [0.15, 0.2) is 0 Å². The first kappa shape index (κ1) is 26.2. The summed E-state index contributed by atoms with van der Waals surface area (Å²) in [4.78, 5) is 23.5. The van der Waals surface area contributed by atoms with Gasteiger partial charge in [0.1, 0.15) is 24.1 Å². The van der Waals surface area contributed by atoms with Crippen molar-refractivity contribution in [3.63, 3.8) is 0 Å². The number of nitrogens with one attached hydrogen (secondary N) is 2. The molecule has 4 aromatic rings. The number of morpholine rings is 1. The van der Waals surface area contributed by atoms with Crippen molar-refractivity contribution in [3.8, 4) is 22.3 Å². The van der Waals surface area contributed by atoms with Crippen molar-refractivity contribution in [2.45, 2.75) is 18.6 Å². The predicted octanol–water partition coefficient (Wildman–Crippen LogP) is 4.39. The quantitative estimate of drug-likeness (QED) is 0.372. The average molecular weight is 546 g/mol. The molecule has 2 aliphatic rings. The molecule has 6 rings (SSSR count). The van der Waals surface area contributed by atoms with Crippen LogP contribution in [0.1, 0.15) is 6.42 Å². The molecule has 2 atom stereocenters. The van der Waals surface area contributed by atoms with Crippen molar-refractivity contribution in [1.82, 2.24) is 15.3 Å². The second-order valence-corrected chi connectivity index (χ2v) is 10.00. The second kappa shape index (κ2) is 11.2. The average Bonchev–Trinajstić information content (AvgIpc) is 2.96. The summed E-state index contributed by atoms with van der Waals surface area (Å²) in [5, 5.41) is 7.17.